The first kappa shape index (κ1) is 15.3. The zero-order chi connectivity index (χ0) is 15.3. The number of azide groups is 1. The predicted molar refractivity (Wildman–Crippen MR) is 67.5 cm³/mol. The molecule has 9 heteroatoms. The van der Waals surface area contributed by atoms with Gasteiger partial charge in [0.05, 0.1) is 11.7 Å². The number of carbonyl (C=O) groups excluding carboxylic acids is 1. The molecule has 0 saturated heterocycles. The minimum absolute atomic E-state index is 0.104. The first-order chi connectivity index (χ1) is 9.36. The van der Waals surface area contributed by atoms with Crippen molar-refractivity contribution in [2.24, 2.45) is 5.11 Å². The molecule has 2 atom stereocenters. The second kappa shape index (κ2) is 6.41. The van der Waals surface area contributed by atoms with Crippen molar-refractivity contribution < 1.29 is 24.9 Å². The molecule has 1 amide bonds. The Morgan fingerprint density at radius 2 is 2.10 bits per heavy atom. The molecule has 0 aliphatic rings. The Morgan fingerprint density at radius 1 is 1.45 bits per heavy atom. The van der Waals surface area contributed by atoms with E-state index >= 15 is 0 Å². The lowest BCUT2D eigenvalue weighted by Crippen LogP contribution is -2.47. The maximum absolute atomic E-state index is 11.8. The first-order valence-electron chi connectivity index (χ1n) is 5.46. The van der Waals surface area contributed by atoms with Crippen molar-refractivity contribution in [1.82, 2.24) is 5.32 Å². The number of aliphatic carboxylic acids is 1. The van der Waals surface area contributed by atoms with Gasteiger partial charge in [-0.25, -0.2) is 4.79 Å². The Balaban J connectivity index is 2.98. The van der Waals surface area contributed by atoms with Crippen LogP contribution in [-0.2, 0) is 4.79 Å². The van der Waals surface area contributed by atoms with E-state index in [-0.39, 0.29) is 11.3 Å². The Labute approximate surface area is 113 Å². The molecule has 0 radical (unpaired) electrons. The van der Waals surface area contributed by atoms with Crippen LogP contribution in [0.25, 0.3) is 10.4 Å². The molecular formula is C11H12N4O5. The zero-order valence-corrected chi connectivity index (χ0v) is 10.4. The van der Waals surface area contributed by atoms with E-state index in [0.717, 1.165) is 6.07 Å². The summed E-state index contributed by atoms with van der Waals surface area (Å²) in [5, 5.41) is 33.0. The highest BCUT2D eigenvalue weighted by Gasteiger charge is 2.26. The molecule has 1 aromatic rings. The normalized spacial score (nSPS) is 12.9. The van der Waals surface area contributed by atoms with Gasteiger partial charge in [-0.05, 0) is 24.6 Å². The van der Waals surface area contributed by atoms with Crippen molar-refractivity contribution in [3.8, 4) is 5.75 Å². The van der Waals surface area contributed by atoms with Crippen LogP contribution in [0.5, 0.6) is 5.75 Å². The molecule has 1 rings (SSSR count). The van der Waals surface area contributed by atoms with E-state index in [2.05, 4.69) is 15.3 Å². The van der Waals surface area contributed by atoms with Gasteiger partial charge >= 0.3 is 5.97 Å². The molecule has 106 valence electrons. The van der Waals surface area contributed by atoms with Crippen molar-refractivity contribution in [2.45, 2.75) is 19.1 Å². The van der Waals surface area contributed by atoms with Gasteiger partial charge in [-0.2, -0.15) is 0 Å². The number of benzene rings is 1. The Hall–Kier alpha value is -2.77. The number of amides is 1. The minimum Gasteiger partial charge on any atom is -0.507 e. The van der Waals surface area contributed by atoms with Crippen LogP contribution in [0.2, 0.25) is 0 Å². The van der Waals surface area contributed by atoms with E-state index in [1.54, 1.807) is 0 Å². The minimum atomic E-state index is -1.50. The zero-order valence-electron chi connectivity index (χ0n) is 10.4. The molecule has 0 aliphatic carbocycles. The third kappa shape index (κ3) is 3.61. The van der Waals surface area contributed by atoms with Gasteiger partial charge in [-0.3, -0.25) is 4.79 Å². The number of aromatic hydroxyl groups is 1. The molecule has 0 fully saturated rings. The number of phenols is 1. The summed E-state index contributed by atoms with van der Waals surface area (Å²) in [6.07, 6.45) is -1.30. The second-order valence-corrected chi connectivity index (χ2v) is 3.92. The lowest BCUT2D eigenvalue weighted by molar-refractivity contribution is -0.141. The van der Waals surface area contributed by atoms with E-state index in [1.807, 2.05) is 0 Å². The number of hydrogen-bond donors (Lipinski definition) is 4. The van der Waals surface area contributed by atoms with Crippen LogP contribution in [0.3, 0.4) is 0 Å². The molecule has 0 saturated carbocycles. The van der Waals surface area contributed by atoms with E-state index in [9.17, 15) is 19.8 Å². The summed E-state index contributed by atoms with van der Waals surface area (Å²) in [6.45, 7) is 1.21. The van der Waals surface area contributed by atoms with Crippen LogP contribution in [0.1, 0.15) is 17.3 Å². The number of rotatable bonds is 5. The summed E-state index contributed by atoms with van der Waals surface area (Å²) >= 11 is 0. The summed E-state index contributed by atoms with van der Waals surface area (Å²) in [6, 6.07) is 2.02. The number of carboxylic acids is 1. The molecular weight excluding hydrogens is 268 g/mol. The van der Waals surface area contributed by atoms with Crippen LogP contribution >= 0.6 is 0 Å². The van der Waals surface area contributed by atoms with Gasteiger partial charge in [0.15, 0.2) is 6.04 Å². The molecule has 0 aliphatic heterocycles. The second-order valence-electron chi connectivity index (χ2n) is 3.92. The van der Waals surface area contributed by atoms with Crippen LogP contribution in [-0.4, -0.2) is 39.3 Å². The standard InChI is InChI=1S/C11H12N4O5/c1-5(16)9(11(19)20)13-10(18)7-3-2-6(14-15-12)4-8(7)17/h2-5,9,16-17H,1H3,(H,13,18)(H,19,20)/t5-,9+/m1/s1. The Morgan fingerprint density at radius 3 is 2.55 bits per heavy atom. The van der Waals surface area contributed by atoms with Crippen LogP contribution in [0.15, 0.2) is 23.3 Å². The van der Waals surface area contributed by atoms with E-state index in [1.165, 1.54) is 19.1 Å². The number of nitrogens with zero attached hydrogens (tertiary/aromatic N) is 3. The fourth-order valence-electron chi connectivity index (χ4n) is 1.43. The average Bonchev–Trinajstić information content (AvgIpc) is 2.35. The first-order valence-corrected chi connectivity index (χ1v) is 5.46. The van der Waals surface area contributed by atoms with Crippen molar-refractivity contribution in [2.75, 3.05) is 0 Å². The third-order valence-corrected chi connectivity index (χ3v) is 2.42. The van der Waals surface area contributed by atoms with Crippen molar-refractivity contribution in [3.63, 3.8) is 0 Å². The summed E-state index contributed by atoms with van der Waals surface area (Å²) in [7, 11) is 0. The van der Waals surface area contributed by atoms with Crippen LogP contribution in [0, 0.1) is 0 Å². The highest BCUT2D eigenvalue weighted by molar-refractivity contribution is 5.99. The molecule has 4 N–H and O–H groups in total. The van der Waals surface area contributed by atoms with E-state index in [0.29, 0.717) is 0 Å². The van der Waals surface area contributed by atoms with Crippen molar-refractivity contribution >= 4 is 17.6 Å². The number of carboxylic acid groups (broad SMARTS) is 1. The number of carbonyl (C=O) groups is 2. The van der Waals surface area contributed by atoms with E-state index < -0.39 is 29.8 Å². The van der Waals surface area contributed by atoms with Crippen LogP contribution in [0.4, 0.5) is 5.69 Å². The Bertz CT molecular complexity index is 580. The van der Waals surface area contributed by atoms with Gasteiger partial charge < -0.3 is 20.6 Å². The van der Waals surface area contributed by atoms with Gasteiger partial charge in [0.25, 0.3) is 5.91 Å². The molecule has 0 unspecified atom stereocenters. The molecule has 0 spiro atoms. The monoisotopic (exact) mass is 280 g/mol. The van der Waals surface area contributed by atoms with Gasteiger partial charge in [0.1, 0.15) is 5.75 Å². The van der Waals surface area contributed by atoms with Crippen LogP contribution < -0.4 is 5.32 Å². The number of phenolic OH excluding ortho intramolecular Hbond substituents is 1. The smallest absolute Gasteiger partial charge is 0.328 e. The fraction of sp³-hybridized carbons (Fsp3) is 0.273. The highest BCUT2D eigenvalue weighted by Crippen LogP contribution is 2.24. The maximum Gasteiger partial charge on any atom is 0.328 e. The average molecular weight is 280 g/mol. The molecule has 0 heterocycles. The van der Waals surface area contributed by atoms with Crippen molar-refractivity contribution in [1.29, 1.82) is 0 Å². The van der Waals surface area contributed by atoms with Gasteiger partial charge in [-0.1, -0.05) is 11.2 Å². The van der Waals surface area contributed by atoms with Gasteiger partial charge in [0.2, 0.25) is 0 Å². The largest absolute Gasteiger partial charge is 0.507 e. The number of aliphatic hydroxyl groups excluding tert-OH is 1. The lowest BCUT2D eigenvalue weighted by atomic mass is 10.1. The Kier molecular flexibility index (Phi) is 4.90. The molecule has 9 nitrogen and oxygen atoms in total. The summed E-state index contributed by atoms with van der Waals surface area (Å²) in [4.78, 5) is 25.2. The fourth-order valence-corrected chi connectivity index (χ4v) is 1.43. The summed E-state index contributed by atoms with van der Waals surface area (Å²) in [5.74, 6) is -2.75. The predicted octanol–water partition coefficient (Wildman–Crippen LogP) is 0.898. The lowest BCUT2D eigenvalue weighted by Gasteiger charge is -2.17. The summed E-state index contributed by atoms with van der Waals surface area (Å²) in [5.41, 5.74) is 8.14. The summed E-state index contributed by atoms with van der Waals surface area (Å²) < 4.78 is 0. The quantitative estimate of drug-likeness (QED) is 0.358. The maximum atomic E-state index is 11.8. The molecule has 0 bridgehead atoms. The molecule has 0 aromatic heterocycles. The van der Waals surface area contributed by atoms with Gasteiger partial charge in [-0.15, -0.1) is 0 Å². The van der Waals surface area contributed by atoms with Gasteiger partial charge in [0, 0.05) is 10.6 Å². The highest BCUT2D eigenvalue weighted by atomic mass is 16.4. The molecule has 1 aromatic carbocycles. The number of hydrogen-bond acceptors (Lipinski definition) is 5. The van der Waals surface area contributed by atoms with E-state index in [4.69, 9.17) is 10.6 Å². The SMILES string of the molecule is C[C@@H](O)[C@H](NC(=O)c1ccc(N=[N+]=[N-])cc1O)C(=O)O. The number of nitrogens with one attached hydrogen (secondary N) is 1. The van der Waals surface area contributed by atoms with Crippen molar-refractivity contribution in [3.05, 3.63) is 34.2 Å². The topological polar surface area (TPSA) is 156 Å². The third-order valence-electron chi connectivity index (χ3n) is 2.42. The number of aliphatic hydroxyl groups is 1. The molecule has 20 heavy (non-hydrogen) atoms.